The highest BCUT2D eigenvalue weighted by atomic mass is 79.9. The van der Waals surface area contributed by atoms with E-state index in [4.69, 9.17) is 17.4 Å². The highest BCUT2D eigenvalue weighted by Crippen LogP contribution is 2.30. The highest BCUT2D eigenvalue weighted by molar-refractivity contribution is 9.10. The first kappa shape index (κ1) is 18.1. The summed E-state index contributed by atoms with van der Waals surface area (Å²) in [6.45, 7) is 0. The number of halogens is 2. The third-order valence-electron chi connectivity index (χ3n) is 3.87. The van der Waals surface area contributed by atoms with Crippen LogP contribution >= 0.6 is 28.1 Å². The monoisotopic (exact) mass is 437 g/mol. The van der Waals surface area contributed by atoms with Crippen LogP contribution in [-0.2, 0) is 10.0 Å². The van der Waals surface area contributed by atoms with Crippen molar-refractivity contribution in [2.24, 2.45) is 5.14 Å². The maximum Gasteiger partial charge on any atom is 0.240 e. The average Bonchev–Trinajstić information content (AvgIpc) is 2.54. The molecule has 0 heterocycles. The van der Waals surface area contributed by atoms with Crippen LogP contribution in [0.25, 0.3) is 5.57 Å². The van der Waals surface area contributed by atoms with Crippen LogP contribution in [0.3, 0.4) is 0 Å². The van der Waals surface area contributed by atoms with Crippen LogP contribution < -0.4 is 5.14 Å². The van der Waals surface area contributed by atoms with Gasteiger partial charge in [-0.1, -0.05) is 58.5 Å². The maximum atomic E-state index is 14.0. The van der Waals surface area contributed by atoms with Gasteiger partial charge in [0.2, 0.25) is 10.0 Å². The molecule has 3 rings (SSSR count). The molecule has 2 N–H and O–H groups in total. The van der Waals surface area contributed by atoms with E-state index in [0.29, 0.717) is 10.4 Å². The van der Waals surface area contributed by atoms with Gasteiger partial charge in [-0.2, -0.15) is 0 Å². The normalized spacial score (nSPS) is 17.5. The summed E-state index contributed by atoms with van der Waals surface area (Å²) in [5.41, 5.74) is 2.33. The molecule has 3 nitrogen and oxygen atoms in total. The third kappa shape index (κ3) is 3.95. The third-order valence-corrected chi connectivity index (χ3v) is 5.72. The summed E-state index contributed by atoms with van der Waals surface area (Å²) in [4.78, 5) is 0.183. The zero-order valence-corrected chi connectivity index (χ0v) is 16.0. The molecule has 0 amide bonds. The van der Waals surface area contributed by atoms with Gasteiger partial charge in [0.15, 0.2) is 0 Å². The van der Waals surface area contributed by atoms with E-state index in [1.807, 2.05) is 36.4 Å². The van der Waals surface area contributed by atoms with Crippen molar-refractivity contribution in [1.82, 2.24) is 0 Å². The molecule has 2 aromatic rings. The fraction of sp³-hybridized carbons (Fsp3) is 0.0556. The number of hydrogen-bond acceptors (Lipinski definition) is 3. The molecule has 1 aliphatic rings. The predicted octanol–water partition coefficient (Wildman–Crippen LogP) is 4.34. The Balaban J connectivity index is 1.90. The molecular weight excluding hydrogens is 425 g/mol. The van der Waals surface area contributed by atoms with E-state index in [9.17, 15) is 12.8 Å². The Labute approximate surface area is 159 Å². The number of sulfonamides is 1. The van der Waals surface area contributed by atoms with Gasteiger partial charge in [-0.05, 0) is 47.0 Å². The summed E-state index contributed by atoms with van der Waals surface area (Å²) in [7, 11) is -4.08. The molecule has 0 aliphatic heterocycles. The van der Waals surface area contributed by atoms with E-state index in [-0.39, 0.29) is 5.92 Å². The largest absolute Gasteiger partial charge is 0.240 e. The molecule has 0 radical (unpaired) electrons. The topological polar surface area (TPSA) is 60.2 Å². The SMILES string of the molecule is NS(=O)(=O)c1ccc(C2=CC(=S)C(c3ccc(Br)cc3)C=C2)cc1F. The van der Waals surface area contributed by atoms with Crippen LogP contribution in [0.2, 0.25) is 0 Å². The summed E-state index contributed by atoms with van der Waals surface area (Å²) in [5.74, 6) is -0.907. The van der Waals surface area contributed by atoms with E-state index in [2.05, 4.69) is 15.9 Å². The highest BCUT2D eigenvalue weighted by Gasteiger charge is 2.19. The number of primary sulfonamides is 1. The van der Waals surface area contributed by atoms with E-state index < -0.39 is 20.7 Å². The van der Waals surface area contributed by atoms with Crippen LogP contribution in [0, 0.1) is 5.82 Å². The van der Waals surface area contributed by atoms with Crippen LogP contribution in [0.4, 0.5) is 4.39 Å². The summed E-state index contributed by atoms with van der Waals surface area (Å²) in [6, 6.07) is 11.7. The lowest BCUT2D eigenvalue weighted by Crippen LogP contribution is -2.14. The summed E-state index contributed by atoms with van der Waals surface area (Å²) >= 11 is 8.89. The lowest BCUT2D eigenvalue weighted by Gasteiger charge is -2.18. The second kappa shape index (κ2) is 6.92. The summed E-state index contributed by atoms with van der Waals surface area (Å²) in [6.07, 6.45) is 5.60. The number of thiocarbonyl (C=S) groups is 1. The first-order chi connectivity index (χ1) is 11.8. The second-order valence-corrected chi connectivity index (χ2v) is 8.50. The van der Waals surface area contributed by atoms with Gasteiger partial charge in [-0.3, -0.25) is 0 Å². The lowest BCUT2D eigenvalue weighted by molar-refractivity contribution is 0.568. The smallest absolute Gasteiger partial charge is 0.225 e. The van der Waals surface area contributed by atoms with Gasteiger partial charge in [0, 0.05) is 15.3 Å². The first-order valence-electron chi connectivity index (χ1n) is 7.27. The lowest BCUT2D eigenvalue weighted by atomic mass is 9.88. The molecule has 1 aliphatic carbocycles. The Morgan fingerprint density at radius 1 is 1.12 bits per heavy atom. The minimum absolute atomic E-state index is 0.0274. The van der Waals surface area contributed by atoms with Crippen LogP contribution in [0.1, 0.15) is 17.0 Å². The van der Waals surface area contributed by atoms with Gasteiger partial charge in [-0.15, -0.1) is 0 Å². The zero-order chi connectivity index (χ0) is 18.2. The molecule has 0 saturated carbocycles. The number of rotatable bonds is 3. The number of hydrogen-bond donors (Lipinski definition) is 1. The minimum Gasteiger partial charge on any atom is -0.225 e. The Morgan fingerprint density at radius 2 is 1.80 bits per heavy atom. The molecule has 0 saturated heterocycles. The minimum atomic E-state index is -4.08. The standard InChI is InChI=1S/C18H13BrFNO2S2/c19-14-5-1-11(2-6-14)15-7-3-13(10-17(15)24)12-4-8-18(16(20)9-12)25(21,22)23/h1-10,15H,(H2,21,22,23). The molecule has 128 valence electrons. The first-order valence-corrected chi connectivity index (χ1v) is 10.0. The number of allylic oxidation sites excluding steroid dienone is 4. The quantitative estimate of drug-likeness (QED) is 0.726. The predicted molar refractivity (Wildman–Crippen MR) is 104 cm³/mol. The van der Waals surface area contributed by atoms with Crippen molar-refractivity contribution < 1.29 is 12.8 Å². The Kier molecular flexibility index (Phi) is 5.02. The molecule has 1 unspecified atom stereocenters. The van der Waals surface area contributed by atoms with Crippen molar-refractivity contribution in [3.8, 4) is 0 Å². The Bertz CT molecular complexity index is 1010. The van der Waals surface area contributed by atoms with Crippen molar-refractivity contribution in [2.75, 3.05) is 0 Å². The van der Waals surface area contributed by atoms with Crippen molar-refractivity contribution in [1.29, 1.82) is 0 Å². The summed E-state index contributed by atoms with van der Waals surface area (Å²) < 4.78 is 37.6. The fourth-order valence-electron chi connectivity index (χ4n) is 2.62. The van der Waals surface area contributed by atoms with Crippen molar-refractivity contribution in [2.45, 2.75) is 10.8 Å². The van der Waals surface area contributed by atoms with Crippen LogP contribution in [0.15, 0.2) is 70.1 Å². The van der Waals surface area contributed by atoms with Crippen molar-refractivity contribution in [3.05, 3.63) is 82.1 Å². The van der Waals surface area contributed by atoms with E-state index in [1.165, 1.54) is 12.1 Å². The Morgan fingerprint density at radius 3 is 2.36 bits per heavy atom. The molecule has 7 heteroatoms. The van der Waals surface area contributed by atoms with E-state index in [1.54, 1.807) is 6.08 Å². The van der Waals surface area contributed by atoms with Crippen LogP contribution in [0.5, 0.6) is 0 Å². The maximum absolute atomic E-state index is 14.0. The van der Waals surface area contributed by atoms with Gasteiger partial charge in [0.05, 0.1) is 0 Å². The summed E-state index contributed by atoms with van der Waals surface area (Å²) in [5, 5.41) is 4.98. The average molecular weight is 438 g/mol. The molecule has 0 fully saturated rings. The van der Waals surface area contributed by atoms with Gasteiger partial charge in [-0.25, -0.2) is 17.9 Å². The molecule has 1 atom stereocenters. The van der Waals surface area contributed by atoms with Gasteiger partial charge in [0.25, 0.3) is 0 Å². The second-order valence-electron chi connectivity index (χ2n) is 5.58. The molecular formula is C18H13BrFNO2S2. The fourth-order valence-corrected chi connectivity index (χ4v) is 3.82. The zero-order valence-electron chi connectivity index (χ0n) is 12.8. The molecule has 2 aromatic carbocycles. The van der Waals surface area contributed by atoms with Crippen molar-refractivity contribution in [3.63, 3.8) is 0 Å². The van der Waals surface area contributed by atoms with Gasteiger partial charge < -0.3 is 0 Å². The molecule has 0 bridgehead atoms. The van der Waals surface area contributed by atoms with E-state index in [0.717, 1.165) is 21.7 Å². The Hall–Kier alpha value is -1.67. The molecule has 0 aromatic heterocycles. The van der Waals surface area contributed by atoms with Gasteiger partial charge in [0.1, 0.15) is 10.7 Å². The molecule has 0 spiro atoms. The van der Waals surface area contributed by atoms with Crippen molar-refractivity contribution >= 4 is 48.6 Å². The number of nitrogens with two attached hydrogens (primary N) is 1. The molecule has 25 heavy (non-hydrogen) atoms. The van der Waals surface area contributed by atoms with E-state index >= 15 is 0 Å². The van der Waals surface area contributed by atoms with Crippen LogP contribution in [-0.4, -0.2) is 13.3 Å². The number of benzene rings is 2. The van der Waals surface area contributed by atoms with Gasteiger partial charge >= 0.3 is 0 Å².